The molecule has 0 spiro atoms. The van der Waals surface area contributed by atoms with Gasteiger partial charge in [-0.05, 0) is 31.2 Å². The Hall–Kier alpha value is -1.74. The maximum atomic E-state index is 12.6. The Labute approximate surface area is 164 Å². The van der Waals surface area contributed by atoms with Gasteiger partial charge >= 0.3 is 6.18 Å². The lowest BCUT2D eigenvalue weighted by atomic mass is 10.2. The lowest BCUT2D eigenvalue weighted by molar-refractivity contribution is -0.135. The number of carbonyl (C=O) groups is 1. The maximum Gasteiger partial charge on any atom is 0.389 e. The van der Waals surface area contributed by atoms with Crippen LogP contribution in [0.1, 0.15) is 25.7 Å². The van der Waals surface area contributed by atoms with Crippen LogP contribution in [0.2, 0.25) is 5.15 Å². The number of rotatable bonds is 9. The van der Waals surface area contributed by atoms with Gasteiger partial charge in [0, 0.05) is 31.3 Å². The molecule has 2 aromatic heterocycles. The van der Waals surface area contributed by atoms with Crippen LogP contribution in [-0.2, 0) is 4.79 Å². The van der Waals surface area contributed by atoms with E-state index < -0.39 is 12.6 Å². The highest BCUT2D eigenvalue weighted by Crippen LogP contribution is 2.28. The molecule has 27 heavy (non-hydrogen) atoms. The first-order valence-corrected chi connectivity index (χ1v) is 10.1. The second-order valence-corrected chi connectivity index (χ2v) is 7.17. The van der Waals surface area contributed by atoms with E-state index in [1.165, 1.54) is 21.3 Å². The molecule has 10 heteroatoms. The summed E-state index contributed by atoms with van der Waals surface area (Å²) in [6, 6.07) is 3.52. The van der Waals surface area contributed by atoms with E-state index in [1.54, 1.807) is 30.7 Å². The van der Waals surface area contributed by atoms with Gasteiger partial charge in [-0.15, -0.1) is 0 Å². The smallest absolute Gasteiger partial charge is 0.308 e. The van der Waals surface area contributed by atoms with Crippen LogP contribution in [0.25, 0.3) is 5.69 Å². The van der Waals surface area contributed by atoms with Crippen molar-refractivity contribution in [1.82, 2.24) is 14.8 Å². The maximum absolute atomic E-state index is 12.6. The zero-order valence-electron chi connectivity index (χ0n) is 14.7. The summed E-state index contributed by atoms with van der Waals surface area (Å²) >= 11 is 7.74. The number of amides is 1. The summed E-state index contributed by atoms with van der Waals surface area (Å²) in [5, 5.41) is 4.31. The van der Waals surface area contributed by atoms with Crippen LogP contribution in [0.15, 0.2) is 30.7 Å². The molecule has 0 fully saturated rings. The molecule has 5 nitrogen and oxygen atoms in total. The van der Waals surface area contributed by atoms with Crippen LogP contribution < -0.4 is 4.90 Å². The molecule has 0 saturated carbocycles. The van der Waals surface area contributed by atoms with Crippen LogP contribution in [0, 0.1) is 0 Å². The van der Waals surface area contributed by atoms with Gasteiger partial charge in [0.25, 0.3) is 0 Å². The fourth-order valence-corrected chi connectivity index (χ4v) is 3.06. The SMILES string of the molecule is CSCCC(=O)N(CCCCC(F)(F)F)c1cn(-c2cccnc2)nc1Cl. The highest BCUT2D eigenvalue weighted by atomic mass is 35.5. The fourth-order valence-electron chi connectivity index (χ4n) is 2.45. The van der Waals surface area contributed by atoms with Crippen molar-refractivity contribution >= 4 is 35.0 Å². The molecule has 0 saturated heterocycles. The number of pyridine rings is 1. The average Bonchev–Trinajstić information content (AvgIpc) is 3.01. The van der Waals surface area contributed by atoms with Gasteiger partial charge in [0.2, 0.25) is 5.91 Å². The second-order valence-electron chi connectivity index (χ2n) is 5.82. The van der Waals surface area contributed by atoms with Gasteiger partial charge in [-0.3, -0.25) is 9.78 Å². The summed E-state index contributed by atoms with van der Waals surface area (Å²) in [5.41, 5.74) is 1.05. The highest BCUT2D eigenvalue weighted by Gasteiger charge is 2.27. The zero-order chi connectivity index (χ0) is 19.9. The van der Waals surface area contributed by atoms with Crippen molar-refractivity contribution in [1.29, 1.82) is 0 Å². The number of halogens is 4. The van der Waals surface area contributed by atoms with E-state index in [-0.39, 0.29) is 36.9 Å². The summed E-state index contributed by atoms with van der Waals surface area (Å²) in [6.07, 6.45) is 2.07. The van der Waals surface area contributed by atoms with E-state index in [0.29, 0.717) is 17.1 Å². The van der Waals surface area contributed by atoms with Crippen molar-refractivity contribution in [3.05, 3.63) is 35.9 Å². The van der Waals surface area contributed by atoms with Crippen molar-refractivity contribution in [2.45, 2.75) is 31.9 Å². The molecule has 1 amide bonds. The Morgan fingerprint density at radius 2 is 2.15 bits per heavy atom. The second kappa shape index (κ2) is 9.98. The minimum Gasteiger partial charge on any atom is -0.308 e. The zero-order valence-corrected chi connectivity index (χ0v) is 16.3. The number of hydrogen-bond acceptors (Lipinski definition) is 4. The summed E-state index contributed by atoms with van der Waals surface area (Å²) in [7, 11) is 0. The number of alkyl halides is 3. The van der Waals surface area contributed by atoms with E-state index in [1.807, 2.05) is 6.26 Å². The van der Waals surface area contributed by atoms with Crippen LogP contribution >= 0.6 is 23.4 Å². The lowest BCUT2D eigenvalue weighted by Gasteiger charge is -2.21. The Morgan fingerprint density at radius 3 is 2.78 bits per heavy atom. The van der Waals surface area contributed by atoms with Gasteiger partial charge in [0.15, 0.2) is 5.15 Å². The molecule has 0 aliphatic rings. The normalized spacial score (nSPS) is 11.6. The van der Waals surface area contributed by atoms with Crippen molar-refractivity contribution in [3.63, 3.8) is 0 Å². The summed E-state index contributed by atoms with van der Waals surface area (Å²) < 4.78 is 38.6. The van der Waals surface area contributed by atoms with Crippen molar-refractivity contribution in [3.8, 4) is 5.69 Å². The predicted molar refractivity (Wildman–Crippen MR) is 102 cm³/mol. The van der Waals surface area contributed by atoms with Crippen LogP contribution in [0.5, 0.6) is 0 Å². The monoisotopic (exact) mass is 420 g/mol. The van der Waals surface area contributed by atoms with E-state index in [9.17, 15) is 18.0 Å². The minimum atomic E-state index is -4.20. The standard InChI is InChI=1S/C17H20ClF3N4OS/c1-27-10-6-15(26)24(9-3-2-7-17(19,20)21)14-12-25(23-16(14)18)13-5-4-8-22-11-13/h4-5,8,11-12H,2-3,6-7,9-10H2,1H3. The van der Waals surface area contributed by atoms with Gasteiger partial charge in [0.1, 0.15) is 5.69 Å². The number of aromatic nitrogens is 3. The number of unbranched alkanes of at least 4 members (excludes halogenated alkanes) is 1. The van der Waals surface area contributed by atoms with Gasteiger partial charge in [-0.2, -0.15) is 30.0 Å². The molecule has 0 bridgehead atoms. The molecule has 0 aliphatic heterocycles. The molecular weight excluding hydrogens is 401 g/mol. The number of thioether (sulfide) groups is 1. The molecule has 0 aliphatic carbocycles. The highest BCUT2D eigenvalue weighted by molar-refractivity contribution is 7.98. The molecule has 0 aromatic carbocycles. The number of nitrogens with zero attached hydrogens (tertiary/aromatic N) is 4. The number of carbonyl (C=O) groups excluding carboxylic acids is 1. The van der Waals surface area contributed by atoms with E-state index in [0.717, 1.165) is 0 Å². The molecule has 148 valence electrons. The molecule has 0 atom stereocenters. The Balaban J connectivity index is 2.17. The van der Waals surface area contributed by atoms with Gasteiger partial charge in [0.05, 0.1) is 18.1 Å². The molecule has 0 unspecified atom stereocenters. The molecule has 0 N–H and O–H groups in total. The van der Waals surface area contributed by atoms with Gasteiger partial charge in [-0.1, -0.05) is 11.6 Å². The van der Waals surface area contributed by atoms with Crippen LogP contribution in [-0.4, -0.2) is 45.4 Å². The van der Waals surface area contributed by atoms with Crippen LogP contribution in [0.4, 0.5) is 18.9 Å². The Kier molecular flexibility index (Phi) is 7.97. The van der Waals surface area contributed by atoms with Crippen molar-refractivity contribution < 1.29 is 18.0 Å². The summed E-state index contributed by atoms with van der Waals surface area (Å²) in [4.78, 5) is 18.0. The predicted octanol–water partition coefficient (Wildman–Crippen LogP) is 4.74. The third kappa shape index (κ3) is 6.73. The van der Waals surface area contributed by atoms with E-state index >= 15 is 0 Å². The fraction of sp³-hybridized carbons (Fsp3) is 0.471. The third-order valence-electron chi connectivity index (χ3n) is 3.77. The summed E-state index contributed by atoms with van der Waals surface area (Å²) in [6.45, 7) is 0.155. The minimum absolute atomic E-state index is 0.0514. The lowest BCUT2D eigenvalue weighted by Crippen LogP contribution is -2.32. The molecule has 2 rings (SSSR count). The Morgan fingerprint density at radius 1 is 1.37 bits per heavy atom. The average molecular weight is 421 g/mol. The van der Waals surface area contributed by atoms with Gasteiger partial charge in [-0.25, -0.2) is 4.68 Å². The first kappa shape index (κ1) is 21.6. The number of anilines is 1. The largest absolute Gasteiger partial charge is 0.389 e. The quantitative estimate of drug-likeness (QED) is 0.550. The van der Waals surface area contributed by atoms with Gasteiger partial charge < -0.3 is 4.90 Å². The molecular formula is C17H20ClF3N4OS. The van der Waals surface area contributed by atoms with Crippen LogP contribution in [0.3, 0.4) is 0 Å². The molecule has 2 heterocycles. The third-order valence-corrected chi connectivity index (χ3v) is 4.65. The van der Waals surface area contributed by atoms with E-state index in [2.05, 4.69) is 10.1 Å². The number of hydrogen-bond donors (Lipinski definition) is 0. The van der Waals surface area contributed by atoms with Crippen molar-refractivity contribution in [2.75, 3.05) is 23.5 Å². The topological polar surface area (TPSA) is 51.0 Å². The molecule has 0 radical (unpaired) electrons. The Bertz CT molecular complexity index is 740. The van der Waals surface area contributed by atoms with E-state index in [4.69, 9.17) is 11.6 Å². The first-order valence-electron chi connectivity index (χ1n) is 8.33. The summed E-state index contributed by atoms with van der Waals surface area (Å²) in [5.74, 6) is 0.427. The first-order chi connectivity index (χ1) is 12.8. The molecule has 2 aromatic rings. The van der Waals surface area contributed by atoms with Crippen molar-refractivity contribution in [2.24, 2.45) is 0 Å².